The number of hydrogen-bond acceptors (Lipinski definition) is 21. The smallest absolute Gasteiger partial charge is 0.263 e. The Labute approximate surface area is 762 Å². The molecule has 0 fully saturated rings. The summed E-state index contributed by atoms with van der Waals surface area (Å²) in [5.74, 6) is -2.90. The molecule has 0 saturated carbocycles. The monoisotopic (exact) mass is 1920 g/mol. The number of aromatic nitrogens is 15. The minimum Gasteiger partial charge on any atom is -0.392 e. The van der Waals surface area contributed by atoms with Crippen LogP contribution >= 0.6 is 92.2 Å². The van der Waals surface area contributed by atoms with E-state index in [1.807, 2.05) is 24.3 Å². The quantitative estimate of drug-likeness (QED) is 0.0217. The molecule has 0 aliphatic heterocycles. The summed E-state index contributed by atoms with van der Waals surface area (Å²) in [5, 5.41) is 23.2. The third-order valence-electron chi connectivity index (χ3n) is 18.6. The molecule has 18 aromatic rings. The van der Waals surface area contributed by atoms with E-state index in [9.17, 15) is 48.3 Å². The number of fused-ring (bicyclic) bond motifs is 5. The molecule has 4 amide bonds. The number of carbonyl (C=O) groups excluding carboxylic acids is 9. The number of hydrogen-bond donors (Lipinski definition) is 7. The number of aliphatic hydroxyl groups excluding tert-OH is 1. The minimum absolute atomic E-state index is 0.00214. The third kappa shape index (κ3) is 20.4. The Kier molecular flexibility index (Phi) is 28.1. The topological polar surface area (TPSA) is 412 Å². The number of amides is 4. The summed E-state index contributed by atoms with van der Waals surface area (Å²) in [4.78, 5) is 158. The second-order valence-corrected chi connectivity index (χ2v) is 30.1. The van der Waals surface area contributed by atoms with Crippen LogP contribution < -0.4 is 27.0 Å². The third-order valence-corrected chi connectivity index (χ3v) is 21.1. The number of anilines is 5. The van der Waals surface area contributed by atoms with E-state index in [1.165, 1.54) is 37.6 Å². The zero-order valence-corrected chi connectivity index (χ0v) is 72.3. The Morgan fingerprint density at radius 1 is 0.354 bits per heavy atom. The predicted molar refractivity (Wildman–Crippen MR) is 494 cm³/mol. The summed E-state index contributed by atoms with van der Waals surface area (Å²) in [6.07, 6.45) is 7.86. The van der Waals surface area contributed by atoms with Crippen molar-refractivity contribution in [2.24, 2.45) is 0 Å². The van der Waals surface area contributed by atoms with Gasteiger partial charge in [0.25, 0.3) is 47.3 Å². The average Bonchev–Trinajstić information content (AvgIpc) is 1.65. The number of benzene rings is 8. The van der Waals surface area contributed by atoms with Gasteiger partial charge in [-0.05, 0) is 138 Å². The molecular formula is C90H61Cl6IN20O10. The predicted octanol–water partition coefficient (Wildman–Crippen LogP) is 18.3. The van der Waals surface area contributed by atoms with E-state index in [1.54, 1.807) is 243 Å². The summed E-state index contributed by atoms with van der Waals surface area (Å²) < 4.78 is 6.06. The first-order chi connectivity index (χ1) is 61.4. The van der Waals surface area contributed by atoms with Crippen molar-refractivity contribution in [3.63, 3.8) is 0 Å². The molecule has 8 N–H and O–H groups in total. The van der Waals surface area contributed by atoms with Gasteiger partial charge in [0.05, 0.1) is 33.5 Å². The molecule has 630 valence electrons. The van der Waals surface area contributed by atoms with Gasteiger partial charge in [-0.25, -0.2) is 4.98 Å². The highest BCUT2D eigenvalue weighted by Crippen LogP contribution is 2.35. The van der Waals surface area contributed by atoms with Gasteiger partial charge in [-0.15, -0.1) is 11.6 Å². The standard InChI is InChI=1S/C22H15ClN4O3.C21H14Cl2N4O2.C21H15ClN4O3.C20H12ClIN4O2.C6H5ClN4/c1-13(28)16-12-27(21(30)15-10-6-3-7-11-15)19-17(16)18(23)24-22(25-19)26-20(29)14-8-4-2-5-9-14;22-11-15-12-27(20(29)14-9-5-2-6-10-14)18-16(15)17(23)24-21(25-18)26-19(28)13-7-3-1-4-8-13;22-17-16-15(12-27)11-26(20(29)14-9-5-2-6-10-14)18(16)24-21(23-17)25-19(28)13-7-3-1-4-8-13;21-16-15-14(22)11-26(19(28)13-9-5-2-6-10-13)17(15)24-20(23-16)25-18(27)12-7-3-1-4-8-12;7-4-3-1-2-9-5(3)11-6(8)10-4/h2-12H,1H3,(H,24,25,26,29);1-10,12H,11H2,(H,24,25,26,28);1-11,27H,12H2,(H,23,24,25,28);1-11H,(H,23,24,25,27);1-2H,(H3,8,9,10,11). The number of Topliss-reactive ketones (excluding diaryl/α,β-unsaturated/α-hetero) is 1. The number of rotatable bonds is 15. The van der Waals surface area contributed by atoms with Crippen molar-refractivity contribution in [3.05, 3.63) is 370 Å². The second-order valence-electron chi connectivity index (χ2n) is 26.9. The van der Waals surface area contributed by atoms with E-state index in [0.29, 0.717) is 88.2 Å². The summed E-state index contributed by atoms with van der Waals surface area (Å²) >= 11 is 39.2. The zero-order chi connectivity index (χ0) is 89.5. The summed E-state index contributed by atoms with van der Waals surface area (Å²) in [6, 6.07) is 71.2. The number of aliphatic hydroxyl groups is 1. The molecule has 30 nitrogen and oxygen atoms in total. The fourth-order valence-electron chi connectivity index (χ4n) is 12.6. The minimum atomic E-state index is -0.426. The van der Waals surface area contributed by atoms with Crippen LogP contribution in [0, 0.1) is 3.57 Å². The van der Waals surface area contributed by atoms with Gasteiger partial charge >= 0.3 is 0 Å². The number of H-pyrrole nitrogens is 1. The molecule has 37 heteroatoms. The van der Waals surface area contributed by atoms with Crippen molar-refractivity contribution in [2.75, 3.05) is 27.0 Å². The average molecular weight is 1920 g/mol. The van der Waals surface area contributed by atoms with Gasteiger partial charge in [-0.2, -0.15) is 44.9 Å². The Morgan fingerprint density at radius 3 is 0.969 bits per heavy atom. The highest BCUT2D eigenvalue weighted by Gasteiger charge is 2.28. The maximum Gasteiger partial charge on any atom is 0.263 e. The van der Waals surface area contributed by atoms with Crippen molar-refractivity contribution in [3.8, 4) is 0 Å². The van der Waals surface area contributed by atoms with Crippen molar-refractivity contribution in [1.29, 1.82) is 0 Å². The highest BCUT2D eigenvalue weighted by molar-refractivity contribution is 14.1. The van der Waals surface area contributed by atoms with Gasteiger partial charge in [-0.3, -0.25) is 82.7 Å². The molecule has 0 spiro atoms. The van der Waals surface area contributed by atoms with Crippen LogP contribution in [0.25, 0.3) is 55.2 Å². The van der Waals surface area contributed by atoms with Crippen LogP contribution in [0.1, 0.15) is 111 Å². The van der Waals surface area contributed by atoms with Crippen LogP contribution in [-0.2, 0) is 12.5 Å². The zero-order valence-electron chi connectivity index (χ0n) is 65.6. The lowest BCUT2D eigenvalue weighted by Gasteiger charge is -2.07. The first kappa shape index (κ1) is 88.6. The van der Waals surface area contributed by atoms with Crippen LogP contribution in [-0.4, -0.2) is 131 Å². The van der Waals surface area contributed by atoms with Crippen LogP contribution in [0.3, 0.4) is 0 Å². The molecule has 0 radical (unpaired) electrons. The number of ketones is 1. The fourth-order valence-corrected chi connectivity index (χ4v) is 15.1. The van der Waals surface area contributed by atoms with Crippen LogP contribution in [0.5, 0.6) is 0 Å². The maximum absolute atomic E-state index is 13.0. The van der Waals surface area contributed by atoms with Crippen molar-refractivity contribution < 1.29 is 48.3 Å². The molecule has 0 aliphatic rings. The van der Waals surface area contributed by atoms with Crippen LogP contribution in [0.4, 0.5) is 29.7 Å². The van der Waals surface area contributed by atoms with Crippen LogP contribution in [0.15, 0.2) is 280 Å². The van der Waals surface area contributed by atoms with E-state index < -0.39 is 11.8 Å². The highest BCUT2D eigenvalue weighted by atomic mass is 127. The number of halogens is 7. The Balaban J connectivity index is 0.000000132. The number of alkyl halides is 1. The molecule has 10 heterocycles. The van der Waals surface area contributed by atoms with E-state index in [0.717, 1.165) is 8.96 Å². The summed E-state index contributed by atoms with van der Waals surface area (Å²) in [5.41, 5.74) is 11.8. The Bertz CT molecular complexity index is 7040. The van der Waals surface area contributed by atoms with Gasteiger partial charge in [0, 0.05) is 96.1 Å². The largest absolute Gasteiger partial charge is 0.392 e. The molecule has 10 aromatic heterocycles. The number of carbonyl (C=O) groups is 9. The van der Waals surface area contributed by atoms with E-state index in [-0.39, 0.29) is 132 Å². The molecule has 0 aliphatic carbocycles. The molecule has 0 atom stereocenters. The number of nitrogens with one attached hydrogen (secondary N) is 5. The molecular weight excluding hydrogens is 1860 g/mol. The number of nitrogen functional groups attached to an aromatic ring is 1. The number of aromatic amines is 1. The van der Waals surface area contributed by atoms with E-state index in [4.69, 9.17) is 75.3 Å². The lowest BCUT2D eigenvalue weighted by Crippen LogP contribution is -2.16. The first-order valence-corrected chi connectivity index (χ1v) is 41.2. The molecule has 127 heavy (non-hydrogen) atoms. The van der Waals surface area contributed by atoms with E-state index >= 15 is 0 Å². The Hall–Kier alpha value is -14.7. The molecule has 0 unspecified atom stereocenters. The van der Waals surface area contributed by atoms with Gasteiger partial charge in [0.2, 0.25) is 29.7 Å². The summed E-state index contributed by atoms with van der Waals surface area (Å²) in [7, 11) is 0. The fraction of sp³-hybridized carbons (Fsp3) is 0.0333. The van der Waals surface area contributed by atoms with Crippen molar-refractivity contribution >= 4 is 230 Å². The number of nitrogens with two attached hydrogens (primary N) is 1. The normalized spacial score (nSPS) is 10.8. The second kappa shape index (κ2) is 40.3. The maximum atomic E-state index is 13.0. The van der Waals surface area contributed by atoms with Crippen molar-refractivity contribution in [1.82, 2.24) is 73.1 Å². The van der Waals surface area contributed by atoms with E-state index in [2.05, 4.69) is 98.7 Å². The van der Waals surface area contributed by atoms with Crippen molar-refractivity contribution in [2.45, 2.75) is 19.4 Å². The molecule has 18 rings (SSSR count). The Morgan fingerprint density at radius 2 is 0.638 bits per heavy atom. The van der Waals surface area contributed by atoms with Gasteiger partial charge < -0.3 is 15.8 Å². The summed E-state index contributed by atoms with van der Waals surface area (Å²) in [6.45, 7) is 1.03. The molecule has 8 aromatic carbocycles. The van der Waals surface area contributed by atoms with Gasteiger partial charge in [0.1, 0.15) is 31.4 Å². The lowest BCUT2D eigenvalue weighted by atomic mass is 10.2. The number of nitrogens with zero attached hydrogens (tertiary/aromatic N) is 14. The molecule has 0 saturated heterocycles. The first-order valence-electron chi connectivity index (χ1n) is 37.7. The van der Waals surface area contributed by atoms with Gasteiger partial charge in [0.15, 0.2) is 28.4 Å². The SMILES string of the molecule is CC(=O)c1cn(C(=O)c2ccccc2)c2nc(NC(=O)c3ccccc3)nc(Cl)c12.Nc1nc(Cl)c2cc[nH]c2n1.O=C(Nc1nc(Cl)c2c(CCl)cn(C(=O)c3ccccc3)c2n1)c1ccccc1.O=C(Nc1nc(Cl)c2c(CO)cn(C(=O)c3ccccc3)c2n1)c1ccccc1.O=C(Nc1nc(Cl)c2c(I)cn(C(=O)c3ccccc3)c2n1)c1ccccc1. The lowest BCUT2D eigenvalue weighted by molar-refractivity contribution is 0.0955. The molecule has 0 bridgehead atoms. The van der Waals surface area contributed by atoms with Crippen LogP contribution in [0.2, 0.25) is 25.8 Å². The van der Waals surface area contributed by atoms with Gasteiger partial charge in [-0.1, -0.05) is 204 Å².